The molecule has 0 atom stereocenters. The molecule has 0 unspecified atom stereocenters. The van der Waals surface area contributed by atoms with Gasteiger partial charge in [-0.3, -0.25) is 0 Å². The van der Waals surface area contributed by atoms with E-state index in [1.807, 2.05) is 30.3 Å². The summed E-state index contributed by atoms with van der Waals surface area (Å²) in [6.07, 6.45) is 0. The van der Waals surface area contributed by atoms with Crippen LogP contribution < -0.4 is 0 Å². The zero-order chi connectivity index (χ0) is 24.1. The fraction of sp³-hybridized carbons (Fsp3) is 0.400. The number of benzene rings is 2. The molecule has 2 heteroatoms. The molecule has 0 fully saturated rings. The van der Waals surface area contributed by atoms with Crippen molar-refractivity contribution >= 4 is 27.0 Å². The van der Waals surface area contributed by atoms with Crippen molar-refractivity contribution in [2.75, 3.05) is 0 Å². The van der Waals surface area contributed by atoms with Crippen LogP contribution in [0.15, 0.2) is 72.8 Å². The SMILES string of the molecule is CC(C)(C)c1ccc2[cH-]c3ccc(C(C)(C)C)cc3c2c1.CC(C)[Si](C)=[Hf+2].c1cc[cH-]c1. The Bertz CT molecular complexity index is 1040. The molecule has 0 aliphatic rings. The summed E-state index contributed by atoms with van der Waals surface area (Å²) in [6, 6.07) is 26.1. The predicted octanol–water partition coefficient (Wildman–Crippen LogP) is 9.28. The molecule has 0 saturated carbocycles. The molecule has 0 heterocycles. The molecule has 0 aromatic heterocycles. The van der Waals surface area contributed by atoms with Gasteiger partial charge >= 0.3 is 54.4 Å². The Hall–Kier alpha value is -1.25. The second-order valence-electron chi connectivity index (χ2n) is 11.0. The van der Waals surface area contributed by atoms with Gasteiger partial charge in [-0.1, -0.05) is 76.9 Å². The monoisotopic (exact) mass is 608 g/mol. The molecule has 4 aromatic carbocycles. The number of hydrogen-bond acceptors (Lipinski definition) is 0. The van der Waals surface area contributed by atoms with Gasteiger partial charge in [0, 0.05) is 0 Å². The summed E-state index contributed by atoms with van der Waals surface area (Å²) in [5.74, 6) is 0. The first-order chi connectivity index (χ1) is 14.8. The van der Waals surface area contributed by atoms with E-state index < -0.39 is 0 Å². The van der Waals surface area contributed by atoms with Crippen LogP contribution in [0.5, 0.6) is 0 Å². The maximum atomic E-state index is 2.40. The van der Waals surface area contributed by atoms with Crippen molar-refractivity contribution in [2.45, 2.75) is 78.3 Å². The normalized spacial score (nSPS) is 11.8. The summed E-state index contributed by atoms with van der Waals surface area (Å²) in [5.41, 5.74) is 4.40. The van der Waals surface area contributed by atoms with E-state index in [-0.39, 0.29) is 16.3 Å². The average Bonchev–Trinajstić information content (AvgIpc) is 3.37. The van der Waals surface area contributed by atoms with Gasteiger partial charge in [-0.25, -0.2) is 12.1 Å². The van der Waals surface area contributed by atoms with Gasteiger partial charge in [0.05, 0.1) is 0 Å². The zero-order valence-electron chi connectivity index (χ0n) is 21.5. The minimum absolute atomic E-state index is 0.187. The van der Waals surface area contributed by atoms with Crippen molar-refractivity contribution in [3.63, 3.8) is 0 Å². The maximum Gasteiger partial charge on any atom is -0.172 e. The Balaban J connectivity index is 0.000000272. The number of rotatable bonds is 1. The molecule has 0 spiro atoms. The molecular formula is C30H40HfSi. The van der Waals surface area contributed by atoms with E-state index in [1.165, 1.54) is 55.7 Å². The smallest absolute Gasteiger partial charge is 0.172 e. The second kappa shape index (κ2) is 11.2. The summed E-state index contributed by atoms with van der Waals surface area (Å²) in [7, 11) is 0. The fourth-order valence-corrected chi connectivity index (χ4v) is 3.25. The van der Waals surface area contributed by atoms with Crippen LogP contribution in [-0.2, 0) is 33.8 Å². The summed E-state index contributed by atoms with van der Waals surface area (Å²) >= 11 is 1.46. The molecule has 0 aliphatic carbocycles. The van der Waals surface area contributed by atoms with Gasteiger partial charge in [0.25, 0.3) is 0 Å². The van der Waals surface area contributed by atoms with Gasteiger partial charge in [0.1, 0.15) is 0 Å². The number of hydrogen-bond donors (Lipinski definition) is 0. The molecule has 4 aromatic rings. The van der Waals surface area contributed by atoms with E-state index in [1.54, 1.807) is 0 Å². The van der Waals surface area contributed by atoms with Crippen LogP contribution in [0.4, 0.5) is 0 Å². The molecule has 32 heavy (non-hydrogen) atoms. The Morgan fingerprint density at radius 3 is 1.38 bits per heavy atom. The topological polar surface area (TPSA) is 0 Å². The van der Waals surface area contributed by atoms with Gasteiger partial charge in [0.15, 0.2) is 0 Å². The Morgan fingerprint density at radius 2 is 1.12 bits per heavy atom. The standard InChI is InChI=1S/C21H25.C5H5.C4H10Si.Hf/c1-20(2,3)16-9-7-14-11-15-8-10-17(21(4,5)6)13-19(15)18(14)12-16;1-2-4-5-3-1;1-4(2)5-3;/h7-13H,1-6H3;1-5H;4H,1-3H3;/q2*-1;;+2. The Kier molecular flexibility index (Phi) is 9.49. The number of fused-ring (bicyclic) bond motifs is 3. The molecule has 4 rings (SSSR count). The van der Waals surface area contributed by atoms with Gasteiger partial charge in [0.2, 0.25) is 0 Å². The van der Waals surface area contributed by atoms with Crippen LogP contribution in [0.1, 0.15) is 66.5 Å². The van der Waals surface area contributed by atoms with E-state index in [9.17, 15) is 0 Å². The summed E-state index contributed by atoms with van der Waals surface area (Å²) in [4.78, 5) is 0. The quantitative estimate of drug-likeness (QED) is 0.150. The van der Waals surface area contributed by atoms with Crippen molar-refractivity contribution in [3.05, 3.63) is 83.9 Å². The van der Waals surface area contributed by atoms with E-state index in [0.717, 1.165) is 5.54 Å². The van der Waals surface area contributed by atoms with Crippen LogP contribution in [-0.4, -0.2) is 5.49 Å². The molecule has 0 saturated heterocycles. The molecule has 168 valence electrons. The van der Waals surface area contributed by atoms with Crippen LogP contribution in [0.3, 0.4) is 0 Å². The zero-order valence-corrected chi connectivity index (χ0v) is 26.1. The first kappa shape index (κ1) is 27.0. The average molecular weight is 607 g/mol. The molecule has 0 radical (unpaired) electrons. The predicted molar refractivity (Wildman–Crippen MR) is 143 cm³/mol. The first-order valence-electron chi connectivity index (χ1n) is 11.7. The van der Waals surface area contributed by atoms with Crippen molar-refractivity contribution < 1.29 is 23.0 Å². The molecular weight excluding hydrogens is 567 g/mol. The summed E-state index contributed by atoms with van der Waals surface area (Å²) in [5, 5.41) is 5.49. The van der Waals surface area contributed by atoms with Crippen molar-refractivity contribution in [1.82, 2.24) is 0 Å². The van der Waals surface area contributed by atoms with E-state index in [4.69, 9.17) is 0 Å². The molecule has 0 amide bonds. The molecule has 0 N–H and O–H groups in total. The molecule has 0 nitrogen and oxygen atoms in total. The van der Waals surface area contributed by atoms with Crippen molar-refractivity contribution in [3.8, 4) is 0 Å². The third-order valence-electron chi connectivity index (χ3n) is 5.86. The maximum absolute atomic E-state index is 2.40. The summed E-state index contributed by atoms with van der Waals surface area (Å²) in [6.45, 7) is 20.7. The Labute approximate surface area is 211 Å². The minimum atomic E-state index is 0.187. The van der Waals surface area contributed by atoms with Crippen molar-refractivity contribution in [1.29, 1.82) is 0 Å². The Morgan fingerprint density at radius 1 is 0.750 bits per heavy atom. The van der Waals surface area contributed by atoms with Gasteiger partial charge < -0.3 is 0 Å². The van der Waals surface area contributed by atoms with Gasteiger partial charge in [-0.05, 0) is 10.8 Å². The van der Waals surface area contributed by atoms with E-state index in [0.29, 0.717) is 0 Å². The summed E-state index contributed by atoms with van der Waals surface area (Å²) < 4.78 is 0. The van der Waals surface area contributed by atoms with Crippen LogP contribution in [0.2, 0.25) is 12.1 Å². The first-order valence-corrected chi connectivity index (χ1v) is 19.1. The van der Waals surface area contributed by atoms with Crippen LogP contribution in [0, 0.1) is 0 Å². The van der Waals surface area contributed by atoms with Crippen LogP contribution in [0.25, 0.3) is 21.5 Å². The van der Waals surface area contributed by atoms with Gasteiger partial charge in [-0.15, -0.1) is 39.7 Å². The molecule has 0 aliphatic heterocycles. The van der Waals surface area contributed by atoms with Gasteiger partial charge in [-0.2, -0.15) is 18.2 Å². The third kappa shape index (κ3) is 7.66. The largest absolute Gasteiger partial charge is 0.214 e. The van der Waals surface area contributed by atoms with Crippen LogP contribution >= 0.6 is 0 Å². The second-order valence-corrected chi connectivity index (χ2v) is 22.1. The molecule has 0 bridgehead atoms. The third-order valence-corrected chi connectivity index (χ3v) is 13.8. The van der Waals surface area contributed by atoms with E-state index >= 15 is 0 Å². The fourth-order valence-electron chi connectivity index (χ4n) is 3.25. The van der Waals surface area contributed by atoms with E-state index in [2.05, 4.69) is 104 Å². The minimum Gasteiger partial charge on any atom is -0.214 e. The van der Waals surface area contributed by atoms with Crippen molar-refractivity contribution in [2.24, 2.45) is 0 Å².